The summed E-state index contributed by atoms with van der Waals surface area (Å²) in [6, 6.07) is 0. The molecule has 0 aliphatic rings. The van der Waals surface area contributed by atoms with Crippen molar-refractivity contribution in [3.05, 3.63) is 0 Å². The molecule has 0 aromatic carbocycles. The van der Waals surface area contributed by atoms with Crippen molar-refractivity contribution < 1.29 is 36.7 Å². The molecule has 0 heterocycles. The second kappa shape index (κ2) is 9.62. The van der Waals surface area contributed by atoms with Gasteiger partial charge in [-0.2, -0.15) is 19.1 Å². The number of carbonyl (C=O) groups excluding carboxylic acids is 1. The summed E-state index contributed by atoms with van der Waals surface area (Å²) in [5, 5.41) is 0. The summed E-state index contributed by atoms with van der Waals surface area (Å²) in [6.07, 6.45) is -4.17. The average Bonchev–Trinajstić information content (AvgIpc) is 2.13. The molecule has 92 valence electrons. The number of nitrogens with two attached hydrogens (primary N) is 1. The minimum absolute atomic E-state index is 0.438. The van der Waals surface area contributed by atoms with Crippen LogP contribution in [0.5, 0.6) is 0 Å². The molecule has 0 bridgehead atoms. The van der Waals surface area contributed by atoms with Gasteiger partial charge in [-0.15, -0.1) is 0 Å². The van der Waals surface area contributed by atoms with Gasteiger partial charge in [0, 0.05) is 7.11 Å². The lowest BCUT2D eigenvalue weighted by Gasteiger charge is -2.01. The molecule has 0 aromatic rings. The first kappa shape index (κ1) is 16.5. The van der Waals surface area contributed by atoms with Crippen LogP contribution >= 0.6 is 0 Å². The van der Waals surface area contributed by atoms with Crippen LogP contribution in [0.3, 0.4) is 0 Å². The van der Waals surface area contributed by atoms with Crippen LogP contribution in [-0.2, 0) is 19.1 Å². The largest absolute Gasteiger partial charge is 0.411 e. The fraction of sp³-hybridized carbons (Fsp3) is 0.833. The first-order valence-electron chi connectivity index (χ1n) is 3.46. The van der Waals surface area contributed by atoms with Gasteiger partial charge in [-0.3, -0.25) is 0 Å². The van der Waals surface area contributed by atoms with Crippen LogP contribution in [0, 0.1) is 0 Å². The van der Waals surface area contributed by atoms with Crippen LogP contribution in [0.25, 0.3) is 0 Å². The Balaban J connectivity index is 0. The molecule has 2 N–H and O–H groups in total. The Labute approximate surface area is 83.0 Å². The molecule has 0 unspecified atom stereocenters. The fourth-order valence-electron chi connectivity index (χ4n) is 0.320. The summed E-state index contributed by atoms with van der Waals surface area (Å²) >= 11 is 0. The highest BCUT2D eigenvalue weighted by Crippen LogP contribution is 2.13. The zero-order valence-electron chi connectivity index (χ0n) is 7.84. The first-order valence-corrected chi connectivity index (χ1v) is 3.46. The van der Waals surface area contributed by atoms with Crippen molar-refractivity contribution in [2.45, 2.75) is 6.18 Å². The Bertz CT molecular complexity index is 164. The summed E-state index contributed by atoms with van der Waals surface area (Å²) in [7, 11) is 1.01. The predicted octanol–water partition coefficient (Wildman–Crippen LogP) is 0.542. The number of halogens is 4. The number of hydrogen-bond acceptors (Lipinski definition) is 5. The SMILES string of the molecule is COCC(F)(F)F.NOC(=O)COCF. The number of carbonyl (C=O) groups is 1. The van der Waals surface area contributed by atoms with Crippen molar-refractivity contribution >= 4 is 5.97 Å². The van der Waals surface area contributed by atoms with Gasteiger partial charge in [0.1, 0.15) is 13.2 Å². The minimum Gasteiger partial charge on any atom is -0.375 e. The van der Waals surface area contributed by atoms with Crippen molar-refractivity contribution in [1.29, 1.82) is 0 Å². The highest BCUT2D eigenvalue weighted by atomic mass is 19.4. The van der Waals surface area contributed by atoms with E-state index in [9.17, 15) is 22.4 Å². The molecule has 15 heavy (non-hydrogen) atoms. The molecule has 0 atom stereocenters. The summed E-state index contributed by atoms with van der Waals surface area (Å²) < 4.78 is 51.6. The van der Waals surface area contributed by atoms with Gasteiger partial charge in [-0.25, -0.2) is 9.18 Å². The zero-order chi connectivity index (χ0) is 12.3. The molecular weight excluding hydrogens is 226 g/mol. The lowest BCUT2D eigenvalue weighted by molar-refractivity contribution is -0.167. The van der Waals surface area contributed by atoms with Gasteiger partial charge in [0.25, 0.3) is 0 Å². The number of ether oxygens (including phenoxy) is 2. The monoisotopic (exact) mass is 237 g/mol. The standard InChI is InChI=1S/C3H5F3O.C3H6FNO3/c1-7-2-3(4,5)6;4-2-7-1-3(6)8-5/h2H2,1H3;1-2,5H2. The summed E-state index contributed by atoms with van der Waals surface area (Å²) in [6.45, 7) is -2.60. The van der Waals surface area contributed by atoms with Gasteiger partial charge in [-0.05, 0) is 0 Å². The van der Waals surface area contributed by atoms with E-state index in [1.807, 2.05) is 0 Å². The lowest BCUT2D eigenvalue weighted by Crippen LogP contribution is -2.15. The molecule has 0 amide bonds. The van der Waals surface area contributed by atoms with Gasteiger partial charge in [0.05, 0.1) is 0 Å². The third kappa shape index (κ3) is 19.5. The van der Waals surface area contributed by atoms with Gasteiger partial charge in [0.15, 0.2) is 6.86 Å². The molecule has 9 heteroatoms. The Morgan fingerprint density at radius 1 is 1.40 bits per heavy atom. The molecule has 0 fully saturated rings. The molecule has 0 saturated carbocycles. The van der Waals surface area contributed by atoms with Crippen LogP contribution in [0.15, 0.2) is 0 Å². The summed E-state index contributed by atoms with van der Waals surface area (Å²) in [4.78, 5) is 13.6. The normalized spacial score (nSPS) is 10.3. The maximum Gasteiger partial charge on any atom is 0.411 e. The molecule has 0 aliphatic heterocycles. The van der Waals surface area contributed by atoms with Gasteiger partial charge in [-0.1, -0.05) is 0 Å². The third-order valence-electron chi connectivity index (χ3n) is 0.737. The number of hydrogen-bond donors (Lipinski definition) is 1. The van der Waals surface area contributed by atoms with E-state index >= 15 is 0 Å². The smallest absolute Gasteiger partial charge is 0.375 e. The van der Waals surface area contributed by atoms with Crippen LogP contribution in [0.1, 0.15) is 0 Å². The van der Waals surface area contributed by atoms with E-state index in [0.717, 1.165) is 7.11 Å². The van der Waals surface area contributed by atoms with Crippen LogP contribution in [0.2, 0.25) is 0 Å². The van der Waals surface area contributed by atoms with Gasteiger partial charge in [0.2, 0.25) is 0 Å². The van der Waals surface area contributed by atoms with E-state index in [1.54, 1.807) is 0 Å². The van der Waals surface area contributed by atoms with Crippen LogP contribution < -0.4 is 5.90 Å². The molecule has 0 aromatic heterocycles. The maximum absolute atomic E-state index is 11.0. The number of rotatable bonds is 4. The highest BCUT2D eigenvalue weighted by Gasteiger charge is 2.26. The summed E-state index contributed by atoms with van der Waals surface area (Å²) in [5.41, 5.74) is 0. The first-order chi connectivity index (χ1) is 6.87. The Hall–Kier alpha value is -0.930. The average molecular weight is 237 g/mol. The van der Waals surface area contributed by atoms with E-state index in [2.05, 4.69) is 20.2 Å². The molecule has 0 rings (SSSR count). The lowest BCUT2D eigenvalue weighted by atomic mass is 10.7. The van der Waals surface area contributed by atoms with Crippen molar-refractivity contribution in [3.8, 4) is 0 Å². The van der Waals surface area contributed by atoms with Crippen molar-refractivity contribution in [3.63, 3.8) is 0 Å². The van der Waals surface area contributed by atoms with E-state index in [4.69, 9.17) is 0 Å². The fourth-order valence-corrected chi connectivity index (χ4v) is 0.320. The Morgan fingerprint density at radius 2 is 1.93 bits per heavy atom. The zero-order valence-corrected chi connectivity index (χ0v) is 7.84. The van der Waals surface area contributed by atoms with Gasteiger partial charge < -0.3 is 14.3 Å². The highest BCUT2D eigenvalue weighted by molar-refractivity contribution is 5.70. The van der Waals surface area contributed by atoms with Crippen LogP contribution in [0.4, 0.5) is 17.6 Å². The van der Waals surface area contributed by atoms with E-state index in [1.165, 1.54) is 0 Å². The molecule has 0 radical (unpaired) electrons. The molecular formula is C6H11F4NO4. The van der Waals surface area contributed by atoms with E-state index < -0.39 is 32.2 Å². The topological polar surface area (TPSA) is 70.8 Å². The Kier molecular flexibility index (Phi) is 10.6. The van der Waals surface area contributed by atoms with E-state index in [0.29, 0.717) is 0 Å². The second-order valence-corrected chi connectivity index (χ2v) is 2.00. The number of methoxy groups -OCH3 is 1. The second-order valence-electron chi connectivity index (χ2n) is 2.00. The predicted molar refractivity (Wildman–Crippen MR) is 40.1 cm³/mol. The quantitative estimate of drug-likeness (QED) is 0.570. The van der Waals surface area contributed by atoms with Gasteiger partial charge >= 0.3 is 12.1 Å². The summed E-state index contributed by atoms with van der Waals surface area (Å²) in [5.74, 6) is 3.57. The van der Waals surface area contributed by atoms with Crippen molar-refractivity contribution in [2.75, 3.05) is 27.2 Å². The Morgan fingerprint density at radius 3 is 2.13 bits per heavy atom. The van der Waals surface area contributed by atoms with Crippen molar-refractivity contribution in [1.82, 2.24) is 0 Å². The molecule has 0 spiro atoms. The third-order valence-corrected chi connectivity index (χ3v) is 0.737. The minimum atomic E-state index is -4.17. The van der Waals surface area contributed by atoms with Crippen molar-refractivity contribution in [2.24, 2.45) is 5.90 Å². The number of alkyl halides is 4. The van der Waals surface area contributed by atoms with Crippen LogP contribution in [-0.4, -0.2) is 39.3 Å². The molecule has 0 saturated heterocycles. The molecule has 0 aliphatic carbocycles. The van der Waals surface area contributed by atoms with E-state index in [-0.39, 0.29) is 0 Å². The maximum atomic E-state index is 11.0. The molecule has 5 nitrogen and oxygen atoms in total.